The Hall–Kier alpha value is -2.20. The SMILES string of the molecule is CS(=O)c1ccc2[nH]c(=O)c(C#N)c(N3CCC4(CCC4)CC3)c2n1. The van der Waals surface area contributed by atoms with E-state index in [0.717, 1.165) is 25.9 Å². The molecule has 1 saturated heterocycles. The lowest BCUT2D eigenvalue weighted by Crippen LogP contribution is -2.44. The fraction of sp³-hybridized carbons (Fsp3) is 0.500. The van der Waals surface area contributed by atoms with Crippen molar-refractivity contribution >= 4 is 27.5 Å². The number of piperidine rings is 1. The van der Waals surface area contributed by atoms with Crippen molar-refractivity contribution in [2.24, 2.45) is 5.41 Å². The van der Waals surface area contributed by atoms with Crippen LogP contribution >= 0.6 is 0 Å². The average Bonchev–Trinajstić information content (AvgIpc) is 2.59. The maximum absolute atomic E-state index is 12.3. The van der Waals surface area contributed by atoms with E-state index < -0.39 is 10.8 Å². The van der Waals surface area contributed by atoms with Gasteiger partial charge in [-0.2, -0.15) is 5.26 Å². The summed E-state index contributed by atoms with van der Waals surface area (Å²) in [6.07, 6.45) is 7.65. The van der Waals surface area contributed by atoms with Crippen LogP contribution in [0.2, 0.25) is 0 Å². The number of nitrogens with one attached hydrogen (secondary N) is 1. The van der Waals surface area contributed by atoms with Crippen LogP contribution in [0.5, 0.6) is 0 Å². The molecule has 1 aliphatic carbocycles. The summed E-state index contributed by atoms with van der Waals surface area (Å²) in [4.78, 5) is 21.7. The highest BCUT2D eigenvalue weighted by Gasteiger charge is 2.40. The summed E-state index contributed by atoms with van der Waals surface area (Å²) < 4.78 is 11.8. The zero-order chi connectivity index (χ0) is 17.6. The first-order valence-corrected chi connectivity index (χ1v) is 10.1. The van der Waals surface area contributed by atoms with Crippen LogP contribution < -0.4 is 10.5 Å². The van der Waals surface area contributed by atoms with Crippen molar-refractivity contribution in [3.05, 3.63) is 28.0 Å². The highest BCUT2D eigenvalue weighted by atomic mass is 32.2. The molecule has 4 rings (SSSR count). The quantitative estimate of drug-likeness (QED) is 0.892. The second-order valence-electron chi connectivity index (χ2n) is 7.13. The number of anilines is 1. The summed E-state index contributed by atoms with van der Waals surface area (Å²) in [5.41, 5.74) is 1.93. The van der Waals surface area contributed by atoms with Crippen LogP contribution in [0.15, 0.2) is 22.0 Å². The predicted molar refractivity (Wildman–Crippen MR) is 97.1 cm³/mol. The van der Waals surface area contributed by atoms with Crippen LogP contribution in [0.4, 0.5) is 5.69 Å². The number of H-pyrrole nitrogens is 1. The lowest BCUT2D eigenvalue weighted by Gasteiger charge is -2.48. The fourth-order valence-electron chi connectivity index (χ4n) is 4.09. The lowest BCUT2D eigenvalue weighted by molar-refractivity contribution is 0.0955. The molecule has 25 heavy (non-hydrogen) atoms. The molecule has 0 aromatic carbocycles. The standard InChI is InChI=1S/C18H20N4O2S/c1-25(24)14-4-3-13-15(21-14)16(12(11-19)17(23)20-13)22-9-7-18(8-10-22)5-2-6-18/h3-4H,2,5-10H2,1H3,(H,20,23). The molecule has 1 aliphatic heterocycles. The fourth-order valence-corrected chi connectivity index (χ4v) is 4.57. The van der Waals surface area contributed by atoms with E-state index in [1.54, 1.807) is 18.4 Å². The van der Waals surface area contributed by atoms with Crippen molar-refractivity contribution in [1.29, 1.82) is 5.26 Å². The number of nitrogens with zero attached hydrogens (tertiary/aromatic N) is 3. The molecule has 0 bridgehead atoms. The molecule has 130 valence electrons. The summed E-state index contributed by atoms with van der Waals surface area (Å²) in [6.45, 7) is 1.66. The number of aromatic amines is 1. The van der Waals surface area contributed by atoms with Crippen LogP contribution in [0.3, 0.4) is 0 Å². The maximum atomic E-state index is 12.3. The minimum absolute atomic E-state index is 0.101. The summed E-state index contributed by atoms with van der Waals surface area (Å²) in [6, 6.07) is 5.43. The van der Waals surface area contributed by atoms with Gasteiger partial charge in [0.15, 0.2) is 0 Å². The minimum atomic E-state index is -1.22. The van der Waals surface area contributed by atoms with E-state index in [1.165, 1.54) is 19.3 Å². The van der Waals surface area contributed by atoms with Gasteiger partial charge in [-0.05, 0) is 43.2 Å². The normalized spacial score (nSPS) is 20.2. The Bertz CT molecular complexity index is 961. The van der Waals surface area contributed by atoms with Gasteiger partial charge in [0.1, 0.15) is 22.2 Å². The van der Waals surface area contributed by atoms with Crippen LogP contribution in [0, 0.1) is 16.7 Å². The molecule has 3 heterocycles. The van der Waals surface area contributed by atoms with E-state index in [1.807, 2.05) is 6.07 Å². The van der Waals surface area contributed by atoms with Crippen molar-refractivity contribution in [2.45, 2.75) is 37.1 Å². The smallest absolute Gasteiger partial charge is 0.268 e. The van der Waals surface area contributed by atoms with Crippen LogP contribution in [0.25, 0.3) is 11.0 Å². The number of aromatic nitrogens is 2. The van der Waals surface area contributed by atoms with Crippen LogP contribution in [0.1, 0.15) is 37.7 Å². The molecular weight excluding hydrogens is 336 g/mol. The average molecular weight is 356 g/mol. The molecule has 1 saturated carbocycles. The highest BCUT2D eigenvalue weighted by Crippen LogP contribution is 2.49. The topological polar surface area (TPSA) is 89.8 Å². The van der Waals surface area contributed by atoms with Gasteiger partial charge in [0.25, 0.3) is 5.56 Å². The second-order valence-corrected chi connectivity index (χ2v) is 8.46. The Morgan fingerprint density at radius 2 is 2.00 bits per heavy atom. The van der Waals surface area contributed by atoms with Crippen molar-refractivity contribution in [1.82, 2.24) is 9.97 Å². The first kappa shape index (κ1) is 16.3. The molecule has 2 aliphatic rings. The molecule has 7 heteroatoms. The number of pyridine rings is 2. The molecule has 2 aromatic rings. The molecule has 1 N–H and O–H groups in total. The number of hydrogen-bond donors (Lipinski definition) is 1. The molecule has 1 atom stereocenters. The van der Waals surface area contributed by atoms with E-state index in [2.05, 4.69) is 14.9 Å². The van der Waals surface area contributed by atoms with Crippen molar-refractivity contribution in [3.63, 3.8) is 0 Å². The Morgan fingerprint density at radius 1 is 1.28 bits per heavy atom. The van der Waals surface area contributed by atoms with Gasteiger partial charge in [0, 0.05) is 19.3 Å². The Kier molecular flexibility index (Phi) is 3.88. The zero-order valence-electron chi connectivity index (χ0n) is 14.2. The molecular formula is C18H20N4O2S. The number of nitriles is 1. The Morgan fingerprint density at radius 3 is 2.56 bits per heavy atom. The maximum Gasteiger partial charge on any atom is 0.268 e. The Balaban J connectivity index is 1.85. The van der Waals surface area contributed by atoms with Crippen molar-refractivity contribution in [2.75, 3.05) is 24.2 Å². The van der Waals surface area contributed by atoms with Gasteiger partial charge in [0.2, 0.25) is 0 Å². The first-order valence-electron chi connectivity index (χ1n) is 8.58. The third kappa shape index (κ3) is 2.65. The Labute approximate surface area is 148 Å². The van der Waals surface area contributed by atoms with E-state index in [0.29, 0.717) is 27.2 Å². The van der Waals surface area contributed by atoms with E-state index in [9.17, 15) is 14.3 Å². The van der Waals surface area contributed by atoms with Crippen LogP contribution in [-0.2, 0) is 10.8 Å². The monoisotopic (exact) mass is 356 g/mol. The zero-order valence-corrected chi connectivity index (χ0v) is 15.0. The molecule has 0 amide bonds. The van der Waals surface area contributed by atoms with Gasteiger partial charge in [-0.3, -0.25) is 9.00 Å². The molecule has 1 spiro atoms. The first-order chi connectivity index (χ1) is 12.0. The van der Waals surface area contributed by atoms with Gasteiger partial charge in [0.05, 0.1) is 22.0 Å². The summed E-state index contributed by atoms with van der Waals surface area (Å²) in [7, 11) is -1.22. The van der Waals surface area contributed by atoms with Gasteiger partial charge in [-0.25, -0.2) is 4.98 Å². The van der Waals surface area contributed by atoms with Gasteiger partial charge in [-0.15, -0.1) is 0 Å². The van der Waals surface area contributed by atoms with E-state index in [4.69, 9.17) is 0 Å². The molecule has 1 unspecified atom stereocenters. The van der Waals surface area contributed by atoms with Gasteiger partial charge in [-0.1, -0.05) is 6.42 Å². The molecule has 2 fully saturated rings. The van der Waals surface area contributed by atoms with Crippen LogP contribution in [-0.4, -0.2) is 33.5 Å². The minimum Gasteiger partial charge on any atom is -0.368 e. The third-order valence-corrected chi connectivity index (χ3v) is 6.58. The predicted octanol–water partition coefficient (Wildman–Crippen LogP) is 2.30. The third-order valence-electron chi connectivity index (χ3n) is 5.77. The highest BCUT2D eigenvalue weighted by molar-refractivity contribution is 7.84. The number of hydrogen-bond acceptors (Lipinski definition) is 5. The van der Waals surface area contributed by atoms with E-state index >= 15 is 0 Å². The molecule has 6 nitrogen and oxygen atoms in total. The number of rotatable bonds is 2. The van der Waals surface area contributed by atoms with Crippen molar-refractivity contribution < 1.29 is 4.21 Å². The summed E-state index contributed by atoms with van der Waals surface area (Å²) >= 11 is 0. The lowest BCUT2D eigenvalue weighted by atomic mass is 9.63. The largest absolute Gasteiger partial charge is 0.368 e. The summed E-state index contributed by atoms with van der Waals surface area (Å²) in [5, 5.41) is 10.00. The molecule has 0 radical (unpaired) electrons. The van der Waals surface area contributed by atoms with Crippen molar-refractivity contribution in [3.8, 4) is 6.07 Å². The van der Waals surface area contributed by atoms with Gasteiger partial charge < -0.3 is 9.88 Å². The molecule has 2 aromatic heterocycles. The number of fused-ring (bicyclic) bond motifs is 1. The van der Waals surface area contributed by atoms with E-state index in [-0.39, 0.29) is 11.1 Å². The second kappa shape index (κ2) is 5.95. The summed E-state index contributed by atoms with van der Waals surface area (Å²) in [5.74, 6) is 0. The van der Waals surface area contributed by atoms with Gasteiger partial charge >= 0.3 is 0 Å².